The summed E-state index contributed by atoms with van der Waals surface area (Å²) in [5.74, 6) is -6.62. The Balaban J connectivity index is 0.000000215. The van der Waals surface area contributed by atoms with E-state index in [1.54, 1.807) is 103 Å². The number of hydrogen-bond donors (Lipinski definition) is 1. The number of halogens is 11. The minimum atomic E-state index is -0.939. The van der Waals surface area contributed by atoms with Crippen molar-refractivity contribution in [2.75, 3.05) is 46.1 Å². The van der Waals surface area contributed by atoms with Gasteiger partial charge in [0.25, 0.3) is 0 Å². The molecule has 0 saturated heterocycles. The van der Waals surface area contributed by atoms with Crippen molar-refractivity contribution >= 4 is 52.6 Å². The van der Waals surface area contributed by atoms with E-state index < -0.39 is 53.5 Å². The molecule has 18 nitrogen and oxygen atoms in total. The van der Waals surface area contributed by atoms with Crippen molar-refractivity contribution in [1.29, 1.82) is 0 Å². The standard InChI is InChI=1S/C22H19N3.C18H17F2N3.C16H17F2N2.C13H10F2N.C12H9F2N2.C11H12FN3.C10H10F2N4.3Ir.Pt/c1-17-11-9-10-16-21(17)25-18(2)24(20-14-7-4-8-15-20)22(23-25)19-12-5-3-6-13-19;1-4-16-18(13-5-7-14(19)8-6-13)22(3)21-23(16)17-10-9-15(20)11-12(17)2;1-10-8-13(17)19-15(18)14(10)12-9-11(16(2,3)4)6-7-20(12)5;1-9-7-10(14)8-11(15)13(9)12-5-3-4-6-16(12)2;1-8-7-10(13)15-12(14)11(8)9-5-3-4-6-16(9)2;1-8-6-10(12)4-5-11(8)15-9(2)14(3)7-13-15;1-6-4-8(11)14-10(12)9(6)16-7(2)15(3)5-13-16;;;;/h3-16,18H,1-2H2;5-11,21H,1-2,4H2,3H3;6-9H,1,5H2,2-4H3;3-8H,1-2H2;3-7H,1-2H2;4-7,9H,1-2H2,3H3;4-5,7H,1-2H2,3H3;;;;/q2*-2;3*-1;2*-2;;;;+4. The molecule has 7 aromatic carbocycles. The monoisotopic (exact) mass is 2550 g/mol. The average Bonchev–Trinajstić information content (AvgIpc) is 1.63. The molecule has 0 amide bonds. The Morgan fingerprint density at radius 3 is 1.33 bits per heavy atom. The number of aromatic nitrogens is 6. The Morgan fingerprint density at radius 2 is 0.844 bits per heavy atom. The zero-order valence-corrected chi connectivity index (χ0v) is 83.6. The number of pyridine rings is 6. The summed E-state index contributed by atoms with van der Waals surface area (Å²) in [6.07, 6.45) is 8.08. The topological polar surface area (TPSA) is 125 Å². The Hall–Kier alpha value is -12.9. The first kappa shape index (κ1) is 109. The quantitative estimate of drug-likeness (QED) is 0.0573. The molecule has 0 aliphatic carbocycles. The second-order valence-corrected chi connectivity index (χ2v) is 30.8. The van der Waals surface area contributed by atoms with Gasteiger partial charge in [0.15, 0.2) is 41.5 Å². The van der Waals surface area contributed by atoms with Crippen LogP contribution in [0.1, 0.15) is 82.8 Å². The molecule has 4 aliphatic heterocycles. The molecule has 1 N–H and O–H groups in total. The minimum Gasteiger partial charge on any atom is -0.372 e. The summed E-state index contributed by atoms with van der Waals surface area (Å²) < 4.78 is 150. The summed E-state index contributed by atoms with van der Waals surface area (Å²) in [6.45, 7) is 48.6. The average molecular weight is 2550 g/mol. The van der Waals surface area contributed by atoms with Gasteiger partial charge < -0.3 is 76.1 Å². The van der Waals surface area contributed by atoms with Crippen molar-refractivity contribution in [3.05, 3.63) is 466 Å². The fourth-order valence-corrected chi connectivity index (χ4v) is 13.8. The smallest absolute Gasteiger partial charge is 0.372 e. The van der Waals surface area contributed by atoms with Crippen LogP contribution >= 0.6 is 0 Å². The van der Waals surface area contributed by atoms with Crippen LogP contribution in [0.2, 0.25) is 0 Å². The predicted octanol–water partition coefficient (Wildman–Crippen LogP) is 20.2. The zero-order chi connectivity index (χ0) is 95.1. The van der Waals surface area contributed by atoms with Crippen molar-refractivity contribution in [3.8, 4) is 33.8 Å². The molecule has 10 heterocycles. The molecule has 3 radical (unpaired) electrons. The van der Waals surface area contributed by atoms with Crippen molar-refractivity contribution < 1.29 is 143 Å². The summed E-state index contributed by atoms with van der Waals surface area (Å²) in [7, 11) is 16.8. The Morgan fingerprint density at radius 1 is 0.400 bits per heavy atom. The van der Waals surface area contributed by atoms with Gasteiger partial charge in [-0.2, -0.15) is 132 Å². The fourth-order valence-electron chi connectivity index (χ4n) is 13.8. The predicted molar refractivity (Wildman–Crippen MR) is 493 cm³/mol. The molecule has 0 fully saturated rings. The number of hydrogen-bond acceptors (Lipinski definition) is 15. The molecule has 17 rings (SSSR count). The number of nitrogens with one attached hydrogen (secondary N) is 1. The van der Waals surface area contributed by atoms with E-state index in [-0.39, 0.29) is 156 Å². The van der Waals surface area contributed by atoms with Crippen molar-refractivity contribution in [1.82, 2.24) is 35.3 Å². The second kappa shape index (κ2) is 48.3. The molecule has 4 aliphatic rings. The van der Waals surface area contributed by atoms with Crippen LogP contribution in [-0.2, 0) is 86.8 Å². The number of anilines is 5. The number of benzene rings is 7. The third kappa shape index (κ3) is 26.4. The maximum atomic E-state index is 14.0. The normalized spacial score (nSPS) is 14.4. The van der Waals surface area contributed by atoms with Crippen LogP contribution in [0.3, 0.4) is 0 Å². The van der Waals surface area contributed by atoms with E-state index in [1.807, 2.05) is 107 Å². The first-order valence-electron chi connectivity index (χ1n) is 40.2. The largest absolute Gasteiger partial charge is 4.00 e. The summed E-state index contributed by atoms with van der Waals surface area (Å²) in [4.78, 5) is 15.2. The van der Waals surface area contributed by atoms with E-state index in [0.29, 0.717) is 40.2 Å². The fraction of sp³-hybridized carbons (Fsp3) is 0.108. The molecule has 33 heteroatoms. The number of amidine groups is 1. The molecular weight excluding hydrogens is 2460 g/mol. The third-order valence-electron chi connectivity index (χ3n) is 20.6. The molecule has 0 bridgehead atoms. The van der Waals surface area contributed by atoms with E-state index in [4.69, 9.17) is 5.10 Å². The van der Waals surface area contributed by atoms with Gasteiger partial charge in [0.1, 0.15) is 18.5 Å². The molecule has 0 spiro atoms. The third-order valence-corrected chi connectivity index (χ3v) is 20.6. The number of rotatable bonds is 11. The summed E-state index contributed by atoms with van der Waals surface area (Å²) in [5, 5.41) is 21.6. The van der Waals surface area contributed by atoms with Gasteiger partial charge in [0, 0.05) is 131 Å². The first-order valence-corrected chi connectivity index (χ1v) is 40.2. The summed E-state index contributed by atoms with van der Waals surface area (Å²) in [6, 6.07) is 63.1. The minimum absolute atomic E-state index is 0. The maximum absolute atomic E-state index is 14.0. The summed E-state index contributed by atoms with van der Waals surface area (Å²) in [5.41, 5.74) is 16.7. The zero-order valence-electron chi connectivity index (χ0n) is 74.2. The molecule has 713 valence electrons. The van der Waals surface area contributed by atoms with Gasteiger partial charge in [-0.25, -0.2) is 45.7 Å². The van der Waals surface area contributed by atoms with Crippen molar-refractivity contribution in [2.45, 2.75) is 51.1 Å². The van der Waals surface area contributed by atoms with Crippen LogP contribution < -0.4 is 44.2 Å². The first-order chi connectivity index (χ1) is 62.2. The Labute approximate surface area is 837 Å². The molecular formula is C102H94F11Ir3N18Pt-7. The molecule has 0 saturated carbocycles. The molecule has 13 aromatic rings. The van der Waals surface area contributed by atoms with E-state index in [2.05, 4.69) is 178 Å². The van der Waals surface area contributed by atoms with E-state index in [9.17, 15) is 48.3 Å². The van der Waals surface area contributed by atoms with Crippen LogP contribution in [0.25, 0.3) is 39.5 Å². The second-order valence-electron chi connectivity index (χ2n) is 30.8. The van der Waals surface area contributed by atoms with Crippen LogP contribution in [-0.4, -0.2) is 87.9 Å². The Bertz CT molecular complexity index is 6170. The van der Waals surface area contributed by atoms with Gasteiger partial charge in [-0.3, -0.25) is 5.01 Å². The number of nitrogens with zero attached hydrogens (tertiary/aromatic N) is 17. The van der Waals surface area contributed by atoms with Gasteiger partial charge in [0.2, 0.25) is 0 Å². The van der Waals surface area contributed by atoms with Gasteiger partial charge >= 0.3 is 21.1 Å². The van der Waals surface area contributed by atoms with Crippen LogP contribution in [0.5, 0.6) is 0 Å². The van der Waals surface area contributed by atoms with Crippen molar-refractivity contribution in [2.24, 2.45) is 15.3 Å². The van der Waals surface area contributed by atoms with E-state index in [1.165, 1.54) is 67.5 Å². The number of allylic oxidation sites excluding steroid dienone is 1. The molecule has 3 unspecified atom stereocenters. The number of hydrazine groups is 2. The van der Waals surface area contributed by atoms with E-state index in [0.717, 1.165) is 86.5 Å². The molecule has 135 heavy (non-hydrogen) atoms. The van der Waals surface area contributed by atoms with Gasteiger partial charge in [-0.05, 0) is 95.6 Å². The van der Waals surface area contributed by atoms with Crippen LogP contribution in [0.15, 0.2) is 264 Å². The van der Waals surface area contributed by atoms with Gasteiger partial charge in [0.05, 0.1) is 64.6 Å². The number of para-hydroxylation sites is 2. The summed E-state index contributed by atoms with van der Waals surface area (Å²) >= 11 is 0. The van der Waals surface area contributed by atoms with Gasteiger partial charge in [-0.1, -0.05) is 164 Å². The molecule has 3 atom stereocenters. The number of hydrazone groups is 3. The van der Waals surface area contributed by atoms with E-state index >= 15 is 0 Å². The SMILES string of the molecule is [CH2-]CC1=C(c2ccc(F)cc2)N(C)NN1c1ccc(F)cc1[CH2-].[CH2-]c1cc(F)cc(F)c1-c1cccc[n+]1[CH2-].[CH2-]c1cc(F)ccc1N1N=CN(C)C1[CH2-].[CH2-]c1cc(F)nc(F)c1-c1cc(C(C)(C)C)cc[n+]1[CH2-].[CH2-]c1cc(F)nc(F)c1-c1cccc[n+]1[CH2-].[CH2-]c1cc(F)nc(F)c1N1N=CN(C)C1[CH2-].[CH2-]c1ccccc1N1N=C(c2ccccc2)N(c2ccccc2)C1[CH2-].[Ir].[Ir].[Ir].[Pt+4]. The van der Waals surface area contributed by atoms with Crippen LogP contribution in [0.4, 0.5) is 76.7 Å². The molecule has 6 aromatic heterocycles. The van der Waals surface area contributed by atoms with Gasteiger partial charge in [-0.15, -0.1) is 48.9 Å². The van der Waals surface area contributed by atoms with Crippen molar-refractivity contribution in [3.63, 3.8) is 0 Å². The maximum Gasteiger partial charge on any atom is 4.00 e. The van der Waals surface area contributed by atoms with Crippen LogP contribution in [0, 0.1) is 162 Å². The Kier molecular flexibility index (Phi) is 39.1.